The van der Waals surface area contributed by atoms with E-state index in [2.05, 4.69) is 4.98 Å². The summed E-state index contributed by atoms with van der Waals surface area (Å²) in [6, 6.07) is 0. The Morgan fingerprint density at radius 1 is 1.75 bits per heavy atom. The first-order valence-corrected chi connectivity index (χ1v) is 3.84. The number of hydrogen-bond acceptors (Lipinski definition) is 2. The molecular formula is C8H9ClN2O. The van der Waals surface area contributed by atoms with E-state index in [1.54, 1.807) is 17.0 Å². The normalized spacial score (nSPS) is 10.9. The summed E-state index contributed by atoms with van der Waals surface area (Å²) in [7, 11) is 1.82. The Bertz CT molecular complexity index is 308. The predicted octanol–water partition coefficient (Wildman–Crippen LogP) is 1.68. The molecule has 0 spiro atoms. The number of carbonyl (C=O) groups excluding carboxylic acids is 1. The van der Waals surface area contributed by atoms with Gasteiger partial charge in [-0.05, 0) is 19.1 Å². The number of imidazole rings is 1. The number of hydrogen-bond donors (Lipinski definition) is 0. The minimum atomic E-state index is -0.00716. The molecule has 1 aromatic heterocycles. The van der Waals surface area contributed by atoms with Crippen LogP contribution in [0.1, 0.15) is 12.6 Å². The van der Waals surface area contributed by atoms with Gasteiger partial charge in [0.05, 0.1) is 12.0 Å². The van der Waals surface area contributed by atoms with Gasteiger partial charge in [-0.3, -0.25) is 4.79 Å². The molecule has 3 nitrogen and oxygen atoms in total. The van der Waals surface area contributed by atoms with Gasteiger partial charge in [-0.25, -0.2) is 4.98 Å². The first-order valence-electron chi connectivity index (χ1n) is 3.46. The summed E-state index contributed by atoms with van der Waals surface area (Å²) in [6.07, 6.45) is 4.71. The SMILES string of the molecule is CC(=O)/C=C/c1c(Cl)ncn1C. The van der Waals surface area contributed by atoms with Gasteiger partial charge < -0.3 is 4.57 Å². The van der Waals surface area contributed by atoms with Crippen LogP contribution in [0.15, 0.2) is 12.4 Å². The smallest absolute Gasteiger partial charge is 0.154 e. The fourth-order valence-electron chi connectivity index (χ4n) is 0.794. The average Bonchev–Trinajstić information content (AvgIpc) is 2.28. The molecular weight excluding hydrogens is 176 g/mol. The van der Waals surface area contributed by atoms with E-state index >= 15 is 0 Å². The van der Waals surface area contributed by atoms with Crippen LogP contribution in [-0.4, -0.2) is 15.3 Å². The Hall–Kier alpha value is -1.09. The van der Waals surface area contributed by atoms with Crippen LogP contribution < -0.4 is 0 Å². The molecule has 12 heavy (non-hydrogen) atoms. The summed E-state index contributed by atoms with van der Waals surface area (Å²) in [4.78, 5) is 14.5. The van der Waals surface area contributed by atoms with Crippen molar-refractivity contribution in [1.82, 2.24) is 9.55 Å². The van der Waals surface area contributed by atoms with E-state index in [4.69, 9.17) is 11.6 Å². The van der Waals surface area contributed by atoms with Gasteiger partial charge in [0, 0.05) is 7.05 Å². The average molecular weight is 185 g/mol. The Morgan fingerprint density at radius 3 is 2.83 bits per heavy atom. The Balaban J connectivity index is 2.95. The van der Waals surface area contributed by atoms with Gasteiger partial charge in [-0.1, -0.05) is 11.6 Å². The summed E-state index contributed by atoms with van der Waals surface area (Å²) < 4.78 is 1.75. The number of allylic oxidation sites excluding steroid dienone is 1. The van der Waals surface area contributed by atoms with Gasteiger partial charge in [0.1, 0.15) is 0 Å². The van der Waals surface area contributed by atoms with Gasteiger partial charge in [0.25, 0.3) is 0 Å². The highest BCUT2D eigenvalue weighted by Gasteiger charge is 2.01. The van der Waals surface area contributed by atoms with Gasteiger partial charge in [0.2, 0.25) is 0 Å². The Morgan fingerprint density at radius 2 is 2.42 bits per heavy atom. The number of aromatic nitrogens is 2. The molecule has 0 atom stereocenters. The van der Waals surface area contributed by atoms with Gasteiger partial charge >= 0.3 is 0 Å². The van der Waals surface area contributed by atoms with Crippen molar-refractivity contribution in [3.63, 3.8) is 0 Å². The highest BCUT2D eigenvalue weighted by atomic mass is 35.5. The van der Waals surface area contributed by atoms with Crippen LogP contribution in [0.2, 0.25) is 5.15 Å². The molecule has 0 aliphatic carbocycles. The summed E-state index contributed by atoms with van der Waals surface area (Å²) in [5.41, 5.74) is 0.742. The summed E-state index contributed by atoms with van der Waals surface area (Å²) >= 11 is 5.73. The third-order valence-corrected chi connectivity index (χ3v) is 1.70. The maximum absolute atomic E-state index is 10.6. The van der Waals surface area contributed by atoms with Crippen LogP contribution in [0.3, 0.4) is 0 Å². The van der Waals surface area contributed by atoms with Crippen LogP contribution in [0.5, 0.6) is 0 Å². The molecule has 0 saturated heterocycles. The molecule has 0 saturated carbocycles. The van der Waals surface area contributed by atoms with E-state index in [-0.39, 0.29) is 5.78 Å². The lowest BCUT2D eigenvalue weighted by Gasteiger charge is -1.93. The maximum atomic E-state index is 10.6. The van der Waals surface area contributed by atoms with Crippen molar-refractivity contribution in [2.24, 2.45) is 7.05 Å². The molecule has 0 bridgehead atoms. The number of halogens is 1. The molecule has 64 valence electrons. The standard InChI is InChI=1S/C8H9ClN2O/c1-6(12)3-4-7-8(9)10-5-11(7)2/h3-5H,1-2H3/b4-3+. The van der Waals surface area contributed by atoms with Crippen LogP contribution in [-0.2, 0) is 11.8 Å². The third kappa shape index (κ3) is 1.95. The molecule has 4 heteroatoms. The second-order valence-electron chi connectivity index (χ2n) is 2.48. The lowest BCUT2D eigenvalue weighted by atomic mass is 10.3. The molecule has 1 aromatic rings. The molecule has 0 N–H and O–H groups in total. The fraction of sp³-hybridized carbons (Fsp3) is 0.250. The summed E-state index contributed by atoms with van der Waals surface area (Å²) in [5.74, 6) is -0.00716. The second kappa shape index (κ2) is 3.54. The lowest BCUT2D eigenvalue weighted by Crippen LogP contribution is -1.89. The van der Waals surface area contributed by atoms with E-state index in [0.717, 1.165) is 5.69 Å². The fourth-order valence-corrected chi connectivity index (χ4v) is 1.03. The van der Waals surface area contributed by atoms with E-state index in [1.165, 1.54) is 13.0 Å². The monoisotopic (exact) mass is 184 g/mol. The molecule has 1 heterocycles. The van der Waals surface area contributed by atoms with Crippen molar-refractivity contribution in [1.29, 1.82) is 0 Å². The van der Waals surface area contributed by atoms with Gasteiger partial charge in [-0.15, -0.1) is 0 Å². The topological polar surface area (TPSA) is 34.9 Å². The molecule has 0 amide bonds. The number of rotatable bonds is 2. The number of aryl methyl sites for hydroxylation is 1. The zero-order valence-corrected chi connectivity index (χ0v) is 7.67. The van der Waals surface area contributed by atoms with Gasteiger partial charge in [-0.2, -0.15) is 0 Å². The van der Waals surface area contributed by atoms with Gasteiger partial charge in [0.15, 0.2) is 10.9 Å². The molecule has 0 aromatic carbocycles. The van der Waals surface area contributed by atoms with E-state index in [0.29, 0.717) is 5.15 Å². The molecule has 0 aliphatic rings. The largest absolute Gasteiger partial charge is 0.333 e. The van der Waals surface area contributed by atoms with Crippen LogP contribution in [0, 0.1) is 0 Å². The van der Waals surface area contributed by atoms with Crippen LogP contribution in [0.25, 0.3) is 6.08 Å². The number of carbonyl (C=O) groups is 1. The third-order valence-electron chi connectivity index (χ3n) is 1.41. The summed E-state index contributed by atoms with van der Waals surface area (Å²) in [6.45, 7) is 1.49. The van der Waals surface area contributed by atoms with Crippen molar-refractivity contribution in [3.8, 4) is 0 Å². The van der Waals surface area contributed by atoms with Crippen LogP contribution in [0.4, 0.5) is 0 Å². The Labute approximate surface area is 75.7 Å². The number of ketones is 1. The lowest BCUT2D eigenvalue weighted by molar-refractivity contribution is -0.112. The van der Waals surface area contributed by atoms with E-state index < -0.39 is 0 Å². The maximum Gasteiger partial charge on any atom is 0.154 e. The molecule has 0 fully saturated rings. The predicted molar refractivity (Wildman–Crippen MR) is 47.9 cm³/mol. The zero-order valence-electron chi connectivity index (χ0n) is 6.91. The zero-order chi connectivity index (χ0) is 9.14. The van der Waals surface area contributed by atoms with Crippen molar-refractivity contribution in [2.75, 3.05) is 0 Å². The molecule has 0 aliphatic heterocycles. The molecule has 0 unspecified atom stereocenters. The highest BCUT2D eigenvalue weighted by molar-refractivity contribution is 6.30. The van der Waals surface area contributed by atoms with Crippen molar-refractivity contribution in [3.05, 3.63) is 23.3 Å². The van der Waals surface area contributed by atoms with Crippen LogP contribution >= 0.6 is 11.6 Å². The van der Waals surface area contributed by atoms with Crippen molar-refractivity contribution < 1.29 is 4.79 Å². The van der Waals surface area contributed by atoms with Crippen molar-refractivity contribution >= 4 is 23.5 Å². The summed E-state index contributed by atoms with van der Waals surface area (Å²) in [5, 5.41) is 0.412. The molecule has 1 rings (SSSR count). The molecule has 0 radical (unpaired) electrons. The van der Waals surface area contributed by atoms with Crippen molar-refractivity contribution in [2.45, 2.75) is 6.92 Å². The second-order valence-corrected chi connectivity index (χ2v) is 2.83. The van der Waals surface area contributed by atoms with E-state index in [1.807, 2.05) is 7.05 Å². The number of nitrogens with zero attached hydrogens (tertiary/aromatic N) is 2. The first-order chi connectivity index (χ1) is 5.61. The van der Waals surface area contributed by atoms with E-state index in [9.17, 15) is 4.79 Å². The minimum absolute atomic E-state index is 0.00716. The quantitative estimate of drug-likeness (QED) is 0.656. The minimum Gasteiger partial charge on any atom is -0.333 e. The Kier molecular flexibility index (Phi) is 2.65. The first kappa shape index (κ1) is 9.00. The highest BCUT2D eigenvalue weighted by Crippen LogP contribution is 2.13.